The van der Waals surface area contributed by atoms with Crippen LogP contribution < -0.4 is 26.5 Å². The maximum absolute atomic E-state index is 13.1. The Bertz CT molecular complexity index is 1380. The van der Waals surface area contributed by atoms with Crippen LogP contribution >= 0.6 is 34.7 Å². The molecule has 2 amide bonds. The molecule has 2 aromatic rings. The first-order valence-corrected chi connectivity index (χ1v) is 13.0. The highest BCUT2D eigenvalue weighted by atomic mass is 35.5. The fraction of sp³-hybridized carbons (Fsp3) is 0.286. The summed E-state index contributed by atoms with van der Waals surface area (Å²) in [4.78, 5) is 59.1. The fourth-order valence-corrected chi connectivity index (χ4v) is 5.89. The largest absolute Gasteiger partial charge is 0.543 e. The maximum Gasteiger partial charge on any atom is 0.347 e. The standard InChI is InChI=1S/C21H20ClN7O7S2/c1-8(19(32)33)36-27-12(11-15(22)38-21(24)26-11)16(30)25-13-17(31)29-14(20(34)35)9(7-37-18(13)29)6-28-4-2-10(23)3-5-28/h2-5,8,13,18,23H,6-7H2,1H3,(H5,24,25,26,30,32,33,34,35)/b27-12-/t8-,13?,18?/m0/s1. The Balaban J connectivity index is 1.56. The Morgan fingerprint density at radius 3 is 2.66 bits per heavy atom. The van der Waals surface area contributed by atoms with Gasteiger partial charge in [0.05, 0.1) is 11.7 Å². The fourth-order valence-electron chi connectivity index (χ4n) is 3.63. The Morgan fingerprint density at radius 1 is 1.39 bits per heavy atom. The van der Waals surface area contributed by atoms with Crippen LogP contribution in [-0.4, -0.2) is 67.7 Å². The molecule has 0 saturated carbocycles. The van der Waals surface area contributed by atoms with E-state index in [4.69, 9.17) is 33.0 Å². The van der Waals surface area contributed by atoms with Gasteiger partial charge in [-0.1, -0.05) is 28.1 Å². The molecular formula is C21H20ClN7O7S2. The number of carboxylic acids is 2. The van der Waals surface area contributed by atoms with Crippen molar-refractivity contribution in [2.45, 2.75) is 31.0 Å². The summed E-state index contributed by atoms with van der Waals surface area (Å²) in [5, 5.41) is 26.4. The molecule has 0 radical (unpaired) electrons. The van der Waals surface area contributed by atoms with Crippen molar-refractivity contribution in [2.75, 3.05) is 17.2 Å². The van der Waals surface area contributed by atoms with Crippen molar-refractivity contribution in [2.24, 2.45) is 5.16 Å². The number of halogens is 1. The van der Waals surface area contributed by atoms with Gasteiger partial charge in [0.25, 0.3) is 11.8 Å². The molecule has 1 saturated heterocycles. The zero-order chi connectivity index (χ0) is 27.7. The smallest absolute Gasteiger partial charge is 0.347 e. The van der Waals surface area contributed by atoms with E-state index in [1.54, 1.807) is 29.1 Å². The van der Waals surface area contributed by atoms with E-state index >= 15 is 0 Å². The average Bonchev–Trinajstić information content (AvgIpc) is 3.20. The van der Waals surface area contributed by atoms with Crippen molar-refractivity contribution in [1.82, 2.24) is 15.2 Å². The molecule has 0 aromatic carbocycles. The van der Waals surface area contributed by atoms with Crippen molar-refractivity contribution in [3.63, 3.8) is 0 Å². The summed E-state index contributed by atoms with van der Waals surface area (Å²) in [6.07, 6.45) is 1.95. The number of carbonyl (C=O) groups is 4. The van der Waals surface area contributed by atoms with Crippen LogP contribution in [0.4, 0.5) is 10.8 Å². The quantitative estimate of drug-likeness (QED) is 0.116. The van der Waals surface area contributed by atoms with Crippen LogP contribution in [0.2, 0.25) is 4.34 Å². The van der Waals surface area contributed by atoms with Gasteiger partial charge >= 0.3 is 5.97 Å². The highest BCUT2D eigenvalue weighted by Gasteiger charge is 2.53. The van der Waals surface area contributed by atoms with E-state index in [9.17, 15) is 24.3 Å². The van der Waals surface area contributed by atoms with Gasteiger partial charge in [0, 0.05) is 29.1 Å². The van der Waals surface area contributed by atoms with E-state index in [-0.39, 0.29) is 33.2 Å². The molecule has 0 bridgehead atoms. The summed E-state index contributed by atoms with van der Waals surface area (Å²) in [5.74, 6) is -4.25. The summed E-state index contributed by atoms with van der Waals surface area (Å²) in [6, 6.07) is 2.19. The van der Waals surface area contributed by atoms with Gasteiger partial charge in [0.1, 0.15) is 21.4 Å². The lowest BCUT2D eigenvalue weighted by Gasteiger charge is -2.50. The number of hydrogen-bond donors (Lipinski definition) is 4. The minimum absolute atomic E-state index is 0.0106. The first kappa shape index (κ1) is 27.2. The lowest BCUT2D eigenvalue weighted by Crippen LogP contribution is -2.71. The van der Waals surface area contributed by atoms with Gasteiger partial charge in [-0.3, -0.25) is 14.5 Å². The summed E-state index contributed by atoms with van der Waals surface area (Å²) in [5.41, 5.74) is 11.4. The van der Waals surface area contributed by atoms with Crippen LogP contribution in [0.1, 0.15) is 12.6 Å². The Labute approximate surface area is 227 Å². The molecule has 2 unspecified atom stereocenters. The van der Waals surface area contributed by atoms with Gasteiger partial charge in [-0.25, -0.2) is 14.3 Å². The number of nitrogens with two attached hydrogens (primary N) is 2. The second-order valence-corrected chi connectivity index (χ2v) is 10.8. The van der Waals surface area contributed by atoms with Crippen molar-refractivity contribution in [1.29, 1.82) is 0 Å². The number of thiazole rings is 1. The lowest BCUT2D eigenvalue weighted by molar-refractivity contribution is -0.689. The Morgan fingerprint density at radius 2 is 2.08 bits per heavy atom. The number of thioether (sulfide) groups is 1. The molecule has 2 aliphatic heterocycles. The number of nitrogen functional groups attached to an aromatic ring is 2. The van der Waals surface area contributed by atoms with Crippen LogP contribution in [0.25, 0.3) is 0 Å². The number of fused-ring (bicyclic) bond motifs is 1. The second-order valence-electron chi connectivity index (χ2n) is 8.10. The first-order chi connectivity index (χ1) is 18.0. The summed E-state index contributed by atoms with van der Waals surface area (Å²) in [6.45, 7) is 1.38. The number of carbonyl (C=O) groups excluding carboxylic acids is 3. The van der Waals surface area contributed by atoms with Gasteiger partial charge in [-0.15, -0.1) is 11.8 Å². The molecular weight excluding hydrogens is 562 g/mol. The van der Waals surface area contributed by atoms with E-state index in [0.717, 1.165) is 16.2 Å². The van der Waals surface area contributed by atoms with Crippen molar-refractivity contribution >= 4 is 75.0 Å². The summed E-state index contributed by atoms with van der Waals surface area (Å²) < 4.78 is 1.70. The van der Waals surface area contributed by atoms with Gasteiger partial charge in [-0.2, -0.15) is 0 Å². The zero-order valence-electron chi connectivity index (χ0n) is 19.5. The van der Waals surface area contributed by atoms with Crippen LogP contribution in [0, 0.1) is 0 Å². The van der Waals surface area contributed by atoms with E-state index in [0.29, 0.717) is 11.3 Å². The van der Waals surface area contributed by atoms with Gasteiger partial charge in [0.15, 0.2) is 29.8 Å². The number of rotatable bonds is 9. The number of pyridine rings is 1. The number of nitrogens with one attached hydrogen (secondary N) is 1. The van der Waals surface area contributed by atoms with E-state index in [1.807, 2.05) is 0 Å². The third-order valence-corrected chi connectivity index (χ3v) is 7.93. The average molecular weight is 582 g/mol. The highest BCUT2D eigenvalue weighted by Crippen LogP contribution is 2.40. The van der Waals surface area contributed by atoms with Crippen molar-refractivity contribution in [3.05, 3.63) is 45.8 Å². The van der Waals surface area contributed by atoms with Crippen LogP contribution in [0.15, 0.2) is 41.0 Å². The van der Waals surface area contributed by atoms with Crippen molar-refractivity contribution in [3.8, 4) is 0 Å². The maximum atomic E-state index is 13.1. The minimum atomic E-state index is -1.53. The third kappa shape index (κ3) is 5.36. The molecule has 2 aromatic heterocycles. The number of aromatic nitrogens is 2. The number of oxime groups is 1. The normalized spacial score (nSPS) is 19.9. The number of nitrogens with zero attached hydrogens (tertiary/aromatic N) is 4. The first-order valence-electron chi connectivity index (χ1n) is 10.8. The molecule has 2 aliphatic rings. The number of amides is 2. The monoisotopic (exact) mass is 581 g/mol. The molecule has 3 atom stereocenters. The molecule has 6 N–H and O–H groups in total. The highest BCUT2D eigenvalue weighted by molar-refractivity contribution is 8.00. The molecule has 200 valence electrons. The SMILES string of the molecule is C[C@H](O/N=C(\C(=O)NC1C(=O)N2C(C(=O)[O-])=C(C[n+]3ccc(N)cc3)CSC12)c1nc(N)sc1Cl)C(=O)O. The van der Waals surface area contributed by atoms with Crippen LogP contribution in [0.5, 0.6) is 0 Å². The minimum Gasteiger partial charge on any atom is -0.543 e. The van der Waals surface area contributed by atoms with Crippen molar-refractivity contribution < 1.29 is 38.8 Å². The van der Waals surface area contributed by atoms with E-state index in [1.165, 1.54) is 18.7 Å². The Kier molecular flexibility index (Phi) is 7.75. The predicted octanol–water partition coefficient (Wildman–Crippen LogP) is -1.45. The van der Waals surface area contributed by atoms with E-state index < -0.39 is 47.0 Å². The molecule has 0 spiro atoms. The molecule has 38 heavy (non-hydrogen) atoms. The number of carboxylic acid groups (broad SMARTS) is 2. The Hall–Kier alpha value is -3.89. The third-order valence-electron chi connectivity index (χ3n) is 5.51. The molecule has 14 nitrogen and oxygen atoms in total. The lowest BCUT2D eigenvalue weighted by atomic mass is 10.0. The molecule has 17 heteroatoms. The summed E-state index contributed by atoms with van der Waals surface area (Å²) >= 11 is 8.21. The molecule has 4 rings (SSSR count). The zero-order valence-corrected chi connectivity index (χ0v) is 21.9. The van der Waals surface area contributed by atoms with Gasteiger partial charge in [0.2, 0.25) is 6.10 Å². The number of aliphatic carboxylic acids is 2. The van der Waals surface area contributed by atoms with E-state index in [2.05, 4.69) is 15.5 Å². The molecule has 1 fully saturated rings. The molecule has 0 aliphatic carbocycles. The van der Waals surface area contributed by atoms with Crippen LogP contribution in [-0.2, 0) is 30.6 Å². The molecule has 4 heterocycles. The number of β-lactam (4-membered cyclic amide) rings is 1. The second kappa shape index (κ2) is 10.8. The number of anilines is 2. The van der Waals surface area contributed by atoms with Gasteiger partial charge < -0.3 is 36.6 Å². The van der Waals surface area contributed by atoms with Gasteiger partial charge in [-0.05, 0) is 6.92 Å². The number of hydrogen-bond acceptors (Lipinski definition) is 12. The summed E-state index contributed by atoms with van der Waals surface area (Å²) in [7, 11) is 0. The van der Waals surface area contributed by atoms with Crippen LogP contribution in [0.3, 0.4) is 0 Å². The topological polar surface area (TPSA) is 217 Å². The predicted molar refractivity (Wildman–Crippen MR) is 134 cm³/mol.